The van der Waals surface area contributed by atoms with Crippen LogP contribution < -0.4 is 10.6 Å². The summed E-state index contributed by atoms with van der Waals surface area (Å²) in [7, 11) is 0. The van der Waals surface area contributed by atoms with Gasteiger partial charge in [0, 0.05) is 22.2 Å². The average Bonchev–Trinajstić information content (AvgIpc) is 3.34. The number of nitrogens with one attached hydrogen (secondary N) is 2. The SMILES string of the molecule is Cc1c(C(=O)NCc2nnc(SCC(=O)Nc3cc(C(F)(F)F)ccc3Cl)n2-c2cccc(Cl)c2)cccc1[N+](=O)[O-]. The number of alkyl halides is 3. The molecular weight excluding hydrogens is 620 g/mol. The van der Waals surface area contributed by atoms with Crippen LogP contribution in [0.4, 0.5) is 24.5 Å². The lowest BCUT2D eigenvalue weighted by Gasteiger charge is -2.13. The number of nitro benzene ring substituents is 1. The van der Waals surface area contributed by atoms with Crippen molar-refractivity contribution < 1.29 is 27.7 Å². The van der Waals surface area contributed by atoms with Crippen molar-refractivity contribution in [2.75, 3.05) is 11.1 Å². The predicted octanol–water partition coefficient (Wildman–Crippen LogP) is 6.47. The van der Waals surface area contributed by atoms with E-state index in [1.165, 1.54) is 25.1 Å². The number of carbonyl (C=O) groups excluding carboxylic acids is 2. The van der Waals surface area contributed by atoms with E-state index in [-0.39, 0.29) is 50.8 Å². The number of amides is 2. The number of rotatable bonds is 9. The third kappa shape index (κ3) is 7.19. The summed E-state index contributed by atoms with van der Waals surface area (Å²) in [5, 5.41) is 25.1. The molecule has 0 unspecified atom stereocenters. The van der Waals surface area contributed by atoms with E-state index in [2.05, 4.69) is 20.8 Å². The van der Waals surface area contributed by atoms with Gasteiger partial charge >= 0.3 is 6.18 Å². The van der Waals surface area contributed by atoms with Crippen LogP contribution in [-0.4, -0.2) is 37.3 Å². The monoisotopic (exact) mass is 638 g/mol. The van der Waals surface area contributed by atoms with Gasteiger partial charge in [-0.1, -0.05) is 47.1 Å². The summed E-state index contributed by atoms with van der Waals surface area (Å²) in [6.07, 6.45) is -4.62. The molecule has 0 radical (unpaired) electrons. The van der Waals surface area contributed by atoms with Gasteiger partial charge in [-0.2, -0.15) is 13.2 Å². The number of benzene rings is 3. The Bertz CT molecular complexity index is 1680. The summed E-state index contributed by atoms with van der Waals surface area (Å²) in [5.41, 5.74) is -0.562. The number of nitrogens with zero attached hydrogens (tertiary/aromatic N) is 4. The fourth-order valence-corrected chi connectivity index (χ4v) is 4.94. The first-order valence-corrected chi connectivity index (χ1v) is 13.6. The zero-order chi connectivity index (χ0) is 30.6. The van der Waals surface area contributed by atoms with Crippen molar-refractivity contribution in [3.8, 4) is 5.69 Å². The minimum absolute atomic E-state index is 0.0690. The lowest BCUT2D eigenvalue weighted by molar-refractivity contribution is -0.385. The first-order chi connectivity index (χ1) is 19.8. The topological polar surface area (TPSA) is 132 Å². The molecule has 1 heterocycles. The fourth-order valence-electron chi connectivity index (χ4n) is 3.82. The molecule has 0 bridgehead atoms. The molecule has 2 N–H and O–H groups in total. The molecule has 4 aromatic rings. The van der Waals surface area contributed by atoms with Gasteiger partial charge in [-0.05, 0) is 49.4 Å². The zero-order valence-corrected chi connectivity index (χ0v) is 23.7. The van der Waals surface area contributed by atoms with E-state index in [1.807, 2.05) is 0 Å². The first-order valence-electron chi connectivity index (χ1n) is 11.9. The number of thioether (sulfide) groups is 1. The summed E-state index contributed by atoms with van der Waals surface area (Å²) in [4.78, 5) is 36.2. The van der Waals surface area contributed by atoms with Gasteiger partial charge in [-0.15, -0.1) is 10.2 Å². The molecular formula is C26H19Cl2F3N6O4S. The fraction of sp³-hybridized carbons (Fsp3) is 0.154. The van der Waals surface area contributed by atoms with Gasteiger partial charge in [-0.25, -0.2) is 0 Å². The quantitative estimate of drug-likeness (QED) is 0.122. The van der Waals surface area contributed by atoms with Crippen LogP contribution in [0.5, 0.6) is 0 Å². The highest BCUT2D eigenvalue weighted by molar-refractivity contribution is 7.99. The molecule has 0 aliphatic heterocycles. The Labute approximate surface area is 250 Å². The maximum Gasteiger partial charge on any atom is 0.416 e. The second-order valence-electron chi connectivity index (χ2n) is 8.63. The highest BCUT2D eigenvalue weighted by Crippen LogP contribution is 2.34. The summed E-state index contributed by atoms with van der Waals surface area (Å²) in [6, 6.07) is 13.3. The van der Waals surface area contributed by atoms with E-state index in [0.717, 1.165) is 30.0 Å². The van der Waals surface area contributed by atoms with Crippen LogP contribution >= 0.6 is 35.0 Å². The highest BCUT2D eigenvalue weighted by atomic mass is 35.5. The van der Waals surface area contributed by atoms with Crippen molar-refractivity contribution in [1.29, 1.82) is 0 Å². The molecule has 1 aromatic heterocycles. The third-order valence-corrected chi connectivity index (χ3v) is 7.31. The van der Waals surface area contributed by atoms with Gasteiger partial charge in [0.05, 0.1) is 39.2 Å². The van der Waals surface area contributed by atoms with Crippen LogP contribution in [0.3, 0.4) is 0 Å². The number of anilines is 1. The summed E-state index contributed by atoms with van der Waals surface area (Å²) >= 11 is 13.1. The maximum absolute atomic E-state index is 13.1. The molecule has 0 saturated heterocycles. The van der Waals surface area contributed by atoms with Crippen LogP contribution in [0.1, 0.15) is 27.3 Å². The second-order valence-corrected chi connectivity index (χ2v) is 10.4. The zero-order valence-electron chi connectivity index (χ0n) is 21.4. The summed E-state index contributed by atoms with van der Waals surface area (Å²) in [5.74, 6) is -1.26. The van der Waals surface area contributed by atoms with E-state index >= 15 is 0 Å². The molecule has 0 atom stereocenters. The van der Waals surface area contributed by atoms with Crippen LogP contribution in [0.25, 0.3) is 5.69 Å². The van der Waals surface area contributed by atoms with E-state index in [4.69, 9.17) is 23.2 Å². The van der Waals surface area contributed by atoms with E-state index in [1.54, 1.807) is 28.8 Å². The predicted molar refractivity (Wildman–Crippen MR) is 151 cm³/mol. The normalized spacial score (nSPS) is 11.3. The van der Waals surface area contributed by atoms with Gasteiger partial charge in [0.25, 0.3) is 11.6 Å². The van der Waals surface area contributed by atoms with Crippen molar-refractivity contribution >= 4 is 58.2 Å². The number of aromatic nitrogens is 3. The third-order valence-electron chi connectivity index (χ3n) is 5.82. The van der Waals surface area contributed by atoms with Gasteiger partial charge < -0.3 is 10.6 Å². The molecule has 0 fully saturated rings. The molecule has 0 spiro atoms. The Kier molecular flexibility index (Phi) is 9.39. The van der Waals surface area contributed by atoms with Crippen molar-refractivity contribution in [3.63, 3.8) is 0 Å². The molecule has 0 saturated carbocycles. The lowest BCUT2D eigenvalue weighted by atomic mass is 10.1. The van der Waals surface area contributed by atoms with Gasteiger partial charge in [0.1, 0.15) is 0 Å². The molecule has 218 valence electrons. The number of hydrogen-bond donors (Lipinski definition) is 2. The smallest absolute Gasteiger partial charge is 0.345 e. The summed E-state index contributed by atoms with van der Waals surface area (Å²) in [6.45, 7) is 1.32. The molecule has 0 aliphatic carbocycles. The molecule has 16 heteroatoms. The molecule has 3 aromatic carbocycles. The first kappa shape index (κ1) is 30.8. The van der Waals surface area contributed by atoms with Crippen LogP contribution in [0.15, 0.2) is 65.8 Å². The minimum atomic E-state index is -4.62. The Balaban J connectivity index is 1.53. The van der Waals surface area contributed by atoms with E-state index in [9.17, 15) is 32.9 Å². The number of halogens is 5. The Morgan fingerprint density at radius 1 is 1.07 bits per heavy atom. The standard InChI is InChI=1S/C26H19Cl2F3N6O4S/c1-14-18(6-3-7-21(14)37(40)41)24(39)32-12-22-34-35-25(36(22)17-5-2-4-16(27)11-17)42-13-23(38)33-20-10-15(26(29,30)31)8-9-19(20)28/h2-11H,12-13H2,1H3,(H,32,39)(H,33,38). The molecule has 2 amide bonds. The number of carbonyl (C=O) groups is 2. The molecule has 0 aliphatic rings. The largest absolute Gasteiger partial charge is 0.416 e. The van der Waals surface area contributed by atoms with E-state index < -0.39 is 28.5 Å². The number of hydrogen-bond acceptors (Lipinski definition) is 7. The van der Waals surface area contributed by atoms with Crippen LogP contribution in [0, 0.1) is 17.0 Å². The maximum atomic E-state index is 13.1. The van der Waals surface area contributed by atoms with Crippen molar-refractivity contribution in [2.45, 2.75) is 24.8 Å². The summed E-state index contributed by atoms with van der Waals surface area (Å²) < 4.78 is 40.8. The van der Waals surface area contributed by atoms with Gasteiger partial charge in [-0.3, -0.25) is 24.3 Å². The second kappa shape index (κ2) is 12.8. The van der Waals surface area contributed by atoms with E-state index in [0.29, 0.717) is 10.7 Å². The average molecular weight is 639 g/mol. The molecule has 4 rings (SSSR count). The van der Waals surface area contributed by atoms with Crippen LogP contribution in [0.2, 0.25) is 10.0 Å². The number of nitro groups is 1. The highest BCUT2D eigenvalue weighted by Gasteiger charge is 2.31. The van der Waals surface area contributed by atoms with Gasteiger partial charge in [0.15, 0.2) is 11.0 Å². The van der Waals surface area contributed by atoms with Crippen molar-refractivity contribution in [1.82, 2.24) is 20.1 Å². The Morgan fingerprint density at radius 3 is 2.50 bits per heavy atom. The Morgan fingerprint density at radius 2 is 1.81 bits per heavy atom. The van der Waals surface area contributed by atoms with Crippen molar-refractivity contribution in [2.24, 2.45) is 0 Å². The van der Waals surface area contributed by atoms with Crippen LogP contribution in [-0.2, 0) is 17.5 Å². The molecule has 10 nitrogen and oxygen atoms in total. The minimum Gasteiger partial charge on any atom is -0.345 e. The Hall–Kier alpha value is -4.14. The lowest BCUT2D eigenvalue weighted by Crippen LogP contribution is -2.25. The van der Waals surface area contributed by atoms with Crippen molar-refractivity contribution in [3.05, 3.63) is 103 Å². The van der Waals surface area contributed by atoms with Gasteiger partial charge in [0.2, 0.25) is 5.91 Å². The molecule has 42 heavy (non-hydrogen) atoms.